The van der Waals surface area contributed by atoms with Crippen molar-refractivity contribution in [1.82, 2.24) is 9.97 Å². The number of hydrogen-bond donors (Lipinski definition) is 1. The van der Waals surface area contributed by atoms with Gasteiger partial charge in [-0.25, -0.2) is 18.7 Å². The predicted molar refractivity (Wildman–Crippen MR) is 87.1 cm³/mol. The Bertz CT molecular complexity index is 769. The molecule has 126 valence electrons. The third kappa shape index (κ3) is 3.34. The summed E-state index contributed by atoms with van der Waals surface area (Å²) >= 11 is 0. The van der Waals surface area contributed by atoms with Crippen molar-refractivity contribution in [2.75, 3.05) is 18.0 Å². The topological polar surface area (TPSA) is 72.1 Å². The van der Waals surface area contributed by atoms with Crippen molar-refractivity contribution in [3.8, 4) is 11.3 Å². The number of benzene rings is 1. The van der Waals surface area contributed by atoms with Crippen molar-refractivity contribution in [2.24, 2.45) is 5.73 Å². The van der Waals surface area contributed by atoms with Crippen LogP contribution in [0.3, 0.4) is 0 Å². The molecule has 7 heteroatoms. The summed E-state index contributed by atoms with van der Waals surface area (Å²) in [5, 5.41) is 0. The minimum Gasteiger partial charge on any atom is -0.366 e. The fraction of sp³-hybridized carbons (Fsp3) is 0.353. The molecule has 2 heterocycles. The molecule has 0 aliphatic carbocycles. The van der Waals surface area contributed by atoms with E-state index in [-0.39, 0.29) is 25.9 Å². The summed E-state index contributed by atoms with van der Waals surface area (Å²) in [6.07, 6.45) is -0.422. The van der Waals surface area contributed by atoms with Gasteiger partial charge in [0.05, 0.1) is 5.69 Å². The number of carbonyl (C=O) groups is 1. The molecule has 5 nitrogen and oxygen atoms in total. The quantitative estimate of drug-likeness (QED) is 0.938. The molecular formula is C17H18F2N4O. The molecular weight excluding hydrogens is 314 g/mol. The SMILES string of the molecule is Cc1cc(-c2ccccc2C(N)=O)nc(N2CCC(F)(F)CC2)n1. The van der Waals surface area contributed by atoms with E-state index in [0.29, 0.717) is 28.5 Å². The van der Waals surface area contributed by atoms with Crippen molar-refractivity contribution < 1.29 is 13.6 Å². The van der Waals surface area contributed by atoms with Gasteiger partial charge in [0, 0.05) is 42.8 Å². The fourth-order valence-electron chi connectivity index (χ4n) is 2.79. The molecule has 2 N–H and O–H groups in total. The molecule has 1 aliphatic heterocycles. The van der Waals surface area contributed by atoms with E-state index in [2.05, 4.69) is 9.97 Å². The molecule has 1 aromatic heterocycles. The van der Waals surface area contributed by atoms with E-state index in [9.17, 15) is 13.6 Å². The highest BCUT2D eigenvalue weighted by Crippen LogP contribution is 2.30. The Morgan fingerprint density at radius 3 is 2.54 bits per heavy atom. The van der Waals surface area contributed by atoms with Crippen LogP contribution >= 0.6 is 0 Å². The van der Waals surface area contributed by atoms with Gasteiger partial charge in [-0.15, -0.1) is 0 Å². The Kier molecular flexibility index (Phi) is 4.17. The van der Waals surface area contributed by atoms with Gasteiger partial charge in [-0.1, -0.05) is 18.2 Å². The number of hydrogen-bond acceptors (Lipinski definition) is 4. The second-order valence-corrected chi connectivity index (χ2v) is 5.95. The van der Waals surface area contributed by atoms with Crippen molar-refractivity contribution in [3.63, 3.8) is 0 Å². The molecule has 0 saturated carbocycles. The summed E-state index contributed by atoms with van der Waals surface area (Å²) in [7, 11) is 0. The molecule has 1 aromatic carbocycles. The van der Waals surface area contributed by atoms with E-state index in [0.717, 1.165) is 0 Å². The number of nitrogens with zero attached hydrogens (tertiary/aromatic N) is 3. The standard InChI is InChI=1S/C17H18F2N4O/c1-11-10-14(12-4-2-3-5-13(12)15(20)24)22-16(21-11)23-8-6-17(18,19)7-9-23/h2-5,10H,6-9H2,1H3,(H2,20,24). The van der Waals surface area contributed by atoms with Crippen LogP contribution in [0.5, 0.6) is 0 Å². The first kappa shape index (κ1) is 16.3. The van der Waals surface area contributed by atoms with Gasteiger partial charge in [0.2, 0.25) is 11.9 Å². The minimum absolute atomic E-state index is 0.202. The molecule has 0 spiro atoms. The lowest BCUT2D eigenvalue weighted by molar-refractivity contribution is -0.0222. The number of rotatable bonds is 3. The van der Waals surface area contributed by atoms with Crippen LogP contribution in [0.4, 0.5) is 14.7 Å². The molecule has 0 atom stereocenters. The van der Waals surface area contributed by atoms with E-state index in [4.69, 9.17) is 5.73 Å². The van der Waals surface area contributed by atoms with E-state index in [1.165, 1.54) is 0 Å². The van der Waals surface area contributed by atoms with Crippen LogP contribution in [0.25, 0.3) is 11.3 Å². The first-order chi connectivity index (χ1) is 11.4. The van der Waals surface area contributed by atoms with Crippen LogP contribution in [0.2, 0.25) is 0 Å². The molecule has 0 bridgehead atoms. The van der Waals surface area contributed by atoms with E-state index in [1.54, 1.807) is 42.2 Å². The van der Waals surface area contributed by atoms with Crippen LogP contribution in [-0.4, -0.2) is 34.9 Å². The monoisotopic (exact) mass is 332 g/mol. The maximum Gasteiger partial charge on any atom is 0.251 e. The van der Waals surface area contributed by atoms with Crippen LogP contribution in [0.15, 0.2) is 30.3 Å². The Labute approximate surface area is 138 Å². The second kappa shape index (κ2) is 6.14. The number of anilines is 1. The zero-order valence-corrected chi connectivity index (χ0v) is 13.3. The maximum atomic E-state index is 13.3. The normalized spacial score (nSPS) is 16.9. The number of primary amides is 1. The molecule has 0 unspecified atom stereocenters. The van der Waals surface area contributed by atoms with Crippen molar-refractivity contribution >= 4 is 11.9 Å². The number of halogens is 2. The molecule has 1 fully saturated rings. The summed E-state index contributed by atoms with van der Waals surface area (Å²) in [5.74, 6) is -2.76. The number of aryl methyl sites for hydroxylation is 1. The number of nitrogens with two attached hydrogens (primary N) is 1. The first-order valence-corrected chi connectivity index (χ1v) is 7.73. The molecule has 3 rings (SSSR count). The molecule has 1 saturated heterocycles. The smallest absolute Gasteiger partial charge is 0.251 e. The summed E-state index contributed by atoms with van der Waals surface area (Å²) < 4.78 is 26.7. The molecule has 24 heavy (non-hydrogen) atoms. The van der Waals surface area contributed by atoms with Crippen molar-refractivity contribution in [1.29, 1.82) is 0 Å². The average Bonchev–Trinajstić information content (AvgIpc) is 2.54. The van der Waals surface area contributed by atoms with E-state index >= 15 is 0 Å². The second-order valence-electron chi connectivity index (χ2n) is 5.95. The number of amides is 1. The minimum atomic E-state index is -2.62. The summed E-state index contributed by atoms with van der Waals surface area (Å²) in [4.78, 5) is 22.2. The van der Waals surface area contributed by atoms with E-state index < -0.39 is 11.8 Å². The Morgan fingerprint density at radius 1 is 1.21 bits per heavy atom. The van der Waals surface area contributed by atoms with Gasteiger partial charge in [-0.2, -0.15) is 0 Å². The summed E-state index contributed by atoms with van der Waals surface area (Å²) in [6, 6.07) is 8.67. The lowest BCUT2D eigenvalue weighted by Crippen LogP contribution is -2.40. The highest BCUT2D eigenvalue weighted by Gasteiger charge is 2.34. The highest BCUT2D eigenvalue weighted by atomic mass is 19.3. The largest absolute Gasteiger partial charge is 0.366 e. The van der Waals surface area contributed by atoms with Gasteiger partial charge < -0.3 is 10.6 Å². The van der Waals surface area contributed by atoms with Crippen LogP contribution in [0.1, 0.15) is 28.9 Å². The van der Waals surface area contributed by atoms with Gasteiger partial charge in [-0.05, 0) is 19.1 Å². The number of piperidine rings is 1. The van der Waals surface area contributed by atoms with Crippen molar-refractivity contribution in [2.45, 2.75) is 25.7 Å². The summed E-state index contributed by atoms with van der Waals surface area (Å²) in [5.41, 5.74) is 7.66. The van der Waals surface area contributed by atoms with Gasteiger partial charge in [0.1, 0.15) is 0 Å². The van der Waals surface area contributed by atoms with Crippen LogP contribution in [-0.2, 0) is 0 Å². The Hall–Kier alpha value is -2.57. The molecule has 0 radical (unpaired) electrons. The third-order valence-electron chi connectivity index (χ3n) is 4.09. The molecule has 2 aromatic rings. The zero-order valence-electron chi connectivity index (χ0n) is 13.3. The van der Waals surface area contributed by atoms with E-state index in [1.807, 2.05) is 0 Å². The lowest BCUT2D eigenvalue weighted by atomic mass is 10.0. The maximum absolute atomic E-state index is 13.3. The Balaban J connectivity index is 1.97. The van der Waals surface area contributed by atoms with Gasteiger partial charge >= 0.3 is 0 Å². The summed E-state index contributed by atoms with van der Waals surface area (Å²) in [6.45, 7) is 2.21. The van der Waals surface area contributed by atoms with Gasteiger partial charge in [0.15, 0.2) is 0 Å². The number of aromatic nitrogens is 2. The first-order valence-electron chi connectivity index (χ1n) is 7.73. The predicted octanol–water partition coefficient (Wildman–Crippen LogP) is 2.79. The van der Waals surface area contributed by atoms with Crippen LogP contribution < -0.4 is 10.6 Å². The van der Waals surface area contributed by atoms with Crippen molar-refractivity contribution in [3.05, 3.63) is 41.6 Å². The lowest BCUT2D eigenvalue weighted by Gasteiger charge is -2.32. The fourth-order valence-corrected chi connectivity index (χ4v) is 2.79. The average molecular weight is 332 g/mol. The highest BCUT2D eigenvalue weighted by molar-refractivity contribution is 5.99. The molecule has 1 aliphatic rings. The Morgan fingerprint density at radius 2 is 1.88 bits per heavy atom. The third-order valence-corrected chi connectivity index (χ3v) is 4.09. The van der Waals surface area contributed by atoms with Crippen LogP contribution in [0, 0.1) is 6.92 Å². The number of alkyl halides is 2. The van der Waals surface area contributed by atoms with Gasteiger partial charge in [0.25, 0.3) is 5.92 Å². The number of carbonyl (C=O) groups excluding carboxylic acids is 1. The molecule has 1 amide bonds. The zero-order chi connectivity index (χ0) is 17.3. The van der Waals surface area contributed by atoms with Gasteiger partial charge in [-0.3, -0.25) is 4.79 Å².